The lowest BCUT2D eigenvalue weighted by molar-refractivity contribution is -0.164. The molecule has 42 heavy (non-hydrogen) atoms. The SMILES string of the molecule is COc1ccc(C(C[C@H]2O[C@@](N)(n3cc(C)c(=O)[nH]c3=O)C[C@@H]2O)(c2ccccc2)c2ccccc2)cc1.N[P+](=O)[O-]. The molecule has 1 aromatic heterocycles. The zero-order valence-corrected chi connectivity index (χ0v) is 24.1. The summed E-state index contributed by atoms with van der Waals surface area (Å²) in [6, 6.07) is 28.0. The van der Waals surface area contributed by atoms with E-state index in [-0.39, 0.29) is 6.42 Å². The fourth-order valence-corrected chi connectivity index (χ4v) is 5.48. The first-order valence-corrected chi connectivity index (χ1v) is 14.4. The molecule has 1 saturated heterocycles. The van der Waals surface area contributed by atoms with Crippen LogP contribution in [0.3, 0.4) is 0 Å². The van der Waals surface area contributed by atoms with Crippen LogP contribution in [0.25, 0.3) is 0 Å². The Hall–Kier alpha value is -3.96. The summed E-state index contributed by atoms with van der Waals surface area (Å²) in [5, 5.41) is 11.3. The second kappa shape index (κ2) is 12.9. The minimum atomic E-state index is -2.62. The molecule has 0 bridgehead atoms. The number of rotatable bonds is 7. The van der Waals surface area contributed by atoms with Crippen molar-refractivity contribution in [1.29, 1.82) is 0 Å². The van der Waals surface area contributed by atoms with Crippen molar-refractivity contribution in [2.45, 2.75) is 43.2 Å². The van der Waals surface area contributed by atoms with Crippen molar-refractivity contribution in [2.75, 3.05) is 7.11 Å². The Balaban J connectivity index is 0.000000952. The van der Waals surface area contributed by atoms with Crippen molar-refractivity contribution >= 4 is 8.18 Å². The van der Waals surface area contributed by atoms with Gasteiger partial charge in [-0.25, -0.2) is 4.79 Å². The van der Waals surface area contributed by atoms with Crippen molar-refractivity contribution in [3.8, 4) is 5.75 Å². The third-order valence-corrected chi connectivity index (χ3v) is 7.44. The Labute approximate surface area is 243 Å². The Kier molecular flexibility index (Phi) is 9.53. The number of aliphatic hydroxyl groups is 1. The average Bonchev–Trinajstić information content (AvgIpc) is 3.27. The number of aromatic amines is 1. The van der Waals surface area contributed by atoms with E-state index in [2.05, 4.69) is 34.8 Å². The first-order chi connectivity index (χ1) is 20.0. The fraction of sp³-hybridized carbons (Fsp3) is 0.267. The number of nitrogens with one attached hydrogen (secondary N) is 1. The van der Waals surface area contributed by atoms with E-state index in [4.69, 9.17) is 24.7 Å². The number of H-pyrrole nitrogens is 1. The molecule has 0 spiro atoms. The number of aliphatic hydroxyl groups excluding tert-OH is 1. The number of aromatic nitrogens is 2. The van der Waals surface area contributed by atoms with Gasteiger partial charge in [0, 0.05) is 23.6 Å². The lowest BCUT2D eigenvalue weighted by atomic mass is 9.66. The number of methoxy groups -OCH3 is 1. The van der Waals surface area contributed by atoms with Crippen molar-refractivity contribution in [3.05, 3.63) is 134 Å². The van der Waals surface area contributed by atoms with Crippen LogP contribution in [0.1, 0.15) is 35.1 Å². The van der Waals surface area contributed by atoms with Crippen LogP contribution in [0, 0.1) is 6.92 Å². The van der Waals surface area contributed by atoms with Gasteiger partial charge in [0.05, 0.1) is 19.3 Å². The number of aryl methyl sites for hydroxylation is 1. The number of benzene rings is 3. The maximum atomic E-state index is 12.7. The number of nitrogens with two attached hydrogens (primary N) is 2. The highest BCUT2D eigenvalue weighted by atomic mass is 31.1. The third kappa shape index (κ3) is 6.42. The van der Waals surface area contributed by atoms with Gasteiger partial charge in [0.1, 0.15) is 5.75 Å². The molecule has 1 unspecified atom stereocenters. The number of hydrogen-bond donors (Lipinski definition) is 4. The van der Waals surface area contributed by atoms with Crippen molar-refractivity contribution in [1.82, 2.24) is 9.55 Å². The first kappa shape index (κ1) is 31.0. The van der Waals surface area contributed by atoms with Gasteiger partial charge in [0.25, 0.3) is 5.56 Å². The molecule has 1 aliphatic rings. The summed E-state index contributed by atoms with van der Waals surface area (Å²) >= 11 is 0. The second-order valence-electron chi connectivity index (χ2n) is 10.1. The van der Waals surface area contributed by atoms with Crippen LogP contribution in [0.15, 0.2) is 101 Å². The van der Waals surface area contributed by atoms with E-state index in [1.807, 2.05) is 60.7 Å². The van der Waals surface area contributed by atoms with Crippen LogP contribution in [0.4, 0.5) is 0 Å². The number of hydrogen-bond acceptors (Lipinski definition) is 8. The number of nitrogens with zero attached hydrogens (tertiary/aromatic N) is 1. The van der Waals surface area contributed by atoms with Crippen LogP contribution in [0.5, 0.6) is 5.75 Å². The van der Waals surface area contributed by atoms with Gasteiger partial charge in [-0.2, -0.15) is 0 Å². The molecular formula is C30H33N4O7P. The summed E-state index contributed by atoms with van der Waals surface area (Å²) in [7, 11) is -0.995. The van der Waals surface area contributed by atoms with E-state index >= 15 is 0 Å². The predicted octanol–water partition coefficient (Wildman–Crippen LogP) is 1.96. The Morgan fingerprint density at radius 1 is 1.05 bits per heavy atom. The molecule has 5 rings (SSSR count). The van der Waals surface area contributed by atoms with Crippen LogP contribution in [-0.2, 0) is 20.6 Å². The summed E-state index contributed by atoms with van der Waals surface area (Å²) < 4.78 is 21.7. The summed E-state index contributed by atoms with van der Waals surface area (Å²) in [5.74, 6) is -0.899. The molecule has 12 heteroatoms. The van der Waals surface area contributed by atoms with Crippen molar-refractivity contribution in [2.24, 2.45) is 11.2 Å². The summed E-state index contributed by atoms with van der Waals surface area (Å²) in [4.78, 5) is 35.7. The zero-order valence-electron chi connectivity index (χ0n) is 23.2. The Morgan fingerprint density at radius 2 is 1.55 bits per heavy atom. The second-order valence-corrected chi connectivity index (χ2v) is 10.6. The lowest BCUT2D eigenvalue weighted by Crippen LogP contribution is -2.51. The largest absolute Gasteiger partial charge is 0.578 e. The fourth-order valence-electron chi connectivity index (χ4n) is 5.48. The van der Waals surface area contributed by atoms with E-state index in [0.29, 0.717) is 12.0 Å². The molecule has 0 aliphatic carbocycles. The highest BCUT2D eigenvalue weighted by Crippen LogP contribution is 2.46. The van der Waals surface area contributed by atoms with Crippen LogP contribution in [0.2, 0.25) is 0 Å². The molecule has 0 saturated carbocycles. The summed E-state index contributed by atoms with van der Waals surface area (Å²) in [6.45, 7) is 1.58. The van der Waals surface area contributed by atoms with Gasteiger partial charge in [0.15, 0.2) is 0 Å². The molecule has 1 fully saturated rings. The smallest absolute Gasteiger partial charge is 0.405 e. The Bertz CT molecular complexity index is 1580. The molecular weight excluding hydrogens is 559 g/mol. The van der Waals surface area contributed by atoms with Gasteiger partial charge < -0.3 is 19.5 Å². The molecule has 4 atom stereocenters. The first-order valence-electron chi connectivity index (χ1n) is 13.1. The highest BCUT2D eigenvalue weighted by Gasteiger charge is 2.50. The zero-order chi connectivity index (χ0) is 30.5. The highest BCUT2D eigenvalue weighted by molar-refractivity contribution is 7.33. The van der Waals surface area contributed by atoms with Crippen LogP contribution in [-0.4, -0.2) is 34.0 Å². The van der Waals surface area contributed by atoms with Crippen molar-refractivity contribution < 1.29 is 24.0 Å². The standard InChI is InChI=1S/C30H31N3O5.H2NO2P/c1-20-19-33(28(36)32-27(20)35)30(31)17-25(34)26(38-30)18-29(21-9-5-3-6-10-21,22-11-7-4-8-12-22)23-13-15-24(37-2)16-14-23;1-4(2)3/h3-16,19,25-26,34H,17-18,31H2,1-2H3,(H,32,35,36);(H2,1,2,3)/t25-,26+,30-;/m0./s1. The molecule has 1 aliphatic heterocycles. The van der Waals surface area contributed by atoms with Crippen molar-refractivity contribution in [3.63, 3.8) is 0 Å². The average molecular weight is 593 g/mol. The maximum Gasteiger partial charge on any atom is 0.405 e. The molecule has 0 amide bonds. The van der Waals surface area contributed by atoms with Gasteiger partial charge in [-0.05, 0) is 42.2 Å². The lowest BCUT2D eigenvalue weighted by Gasteiger charge is -2.39. The molecule has 0 radical (unpaired) electrons. The maximum absolute atomic E-state index is 12.7. The van der Waals surface area contributed by atoms with E-state index in [9.17, 15) is 14.7 Å². The molecule has 2 heterocycles. The van der Waals surface area contributed by atoms with Gasteiger partial charge in [-0.3, -0.25) is 20.1 Å². The van der Waals surface area contributed by atoms with Gasteiger partial charge >= 0.3 is 13.9 Å². The summed E-state index contributed by atoms with van der Waals surface area (Å²) in [5.41, 5.74) is 12.1. The predicted molar refractivity (Wildman–Crippen MR) is 156 cm³/mol. The molecule has 6 N–H and O–H groups in total. The number of ether oxygens (including phenoxy) is 2. The molecule has 11 nitrogen and oxygen atoms in total. The minimum absolute atomic E-state index is 0.0225. The topological polar surface area (TPSA) is 186 Å². The minimum Gasteiger partial charge on any atom is -0.578 e. The third-order valence-electron chi connectivity index (χ3n) is 7.44. The molecule has 220 valence electrons. The quantitative estimate of drug-likeness (QED) is 0.184. The Morgan fingerprint density at radius 3 is 2.05 bits per heavy atom. The molecule has 3 aromatic carbocycles. The summed E-state index contributed by atoms with van der Waals surface area (Å²) in [6.07, 6.45) is -0.0112. The van der Waals surface area contributed by atoms with E-state index in [1.54, 1.807) is 14.0 Å². The van der Waals surface area contributed by atoms with Gasteiger partial charge in [0.2, 0.25) is 5.85 Å². The monoisotopic (exact) mass is 592 g/mol. The van der Waals surface area contributed by atoms with E-state index < -0.39 is 42.9 Å². The van der Waals surface area contributed by atoms with Crippen LogP contribution < -0.4 is 32.1 Å². The normalized spacial score (nSPS) is 20.4. The molecule has 4 aromatic rings. The van der Waals surface area contributed by atoms with Gasteiger partial charge in [-0.1, -0.05) is 77.4 Å². The van der Waals surface area contributed by atoms with Crippen LogP contribution >= 0.6 is 8.18 Å². The van der Waals surface area contributed by atoms with E-state index in [0.717, 1.165) is 27.0 Å². The van der Waals surface area contributed by atoms with E-state index in [1.165, 1.54) is 6.20 Å². The van der Waals surface area contributed by atoms with Gasteiger partial charge in [-0.15, -0.1) is 5.50 Å².